The van der Waals surface area contributed by atoms with Gasteiger partial charge in [0, 0.05) is 12.2 Å². The normalized spacial score (nSPS) is 22.6. The van der Waals surface area contributed by atoms with Crippen molar-refractivity contribution in [2.24, 2.45) is 0 Å². The SMILES string of the molecule is Cc1nn(CC2CCCCN2)cc1Cl. The van der Waals surface area contributed by atoms with Gasteiger partial charge < -0.3 is 5.32 Å². The topological polar surface area (TPSA) is 29.9 Å². The number of aromatic nitrogens is 2. The first-order valence-electron chi connectivity index (χ1n) is 5.18. The second kappa shape index (κ2) is 4.32. The first-order chi connectivity index (χ1) is 6.75. The molecule has 0 saturated carbocycles. The number of nitrogens with zero attached hydrogens (tertiary/aromatic N) is 2. The van der Waals surface area contributed by atoms with Gasteiger partial charge in [0.1, 0.15) is 0 Å². The molecule has 1 saturated heterocycles. The van der Waals surface area contributed by atoms with Crippen LogP contribution in [-0.4, -0.2) is 22.4 Å². The molecule has 2 heterocycles. The lowest BCUT2D eigenvalue weighted by atomic mass is 10.1. The molecule has 78 valence electrons. The Bertz CT molecular complexity index is 283. The Labute approximate surface area is 89.4 Å². The van der Waals surface area contributed by atoms with E-state index in [0.717, 1.165) is 23.8 Å². The third kappa shape index (κ3) is 2.28. The van der Waals surface area contributed by atoms with Crippen LogP contribution in [0.4, 0.5) is 0 Å². The summed E-state index contributed by atoms with van der Waals surface area (Å²) in [7, 11) is 0. The van der Waals surface area contributed by atoms with Gasteiger partial charge in [-0.15, -0.1) is 0 Å². The highest BCUT2D eigenvalue weighted by Crippen LogP contribution is 2.14. The summed E-state index contributed by atoms with van der Waals surface area (Å²) < 4.78 is 1.95. The lowest BCUT2D eigenvalue weighted by molar-refractivity contribution is 0.350. The third-order valence-electron chi connectivity index (χ3n) is 2.71. The molecule has 2 rings (SSSR count). The minimum Gasteiger partial charge on any atom is -0.312 e. The lowest BCUT2D eigenvalue weighted by Crippen LogP contribution is -2.37. The summed E-state index contributed by atoms with van der Waals surface area (Å²) in [5.74, 6) is 0. The maximum absolute atomic E-state index is 5.94. The summed E-state index contributed by atoms with van der Waals surface area (Å²) in [6.07, 6.45) is 5.78. The van der Waals surface area contributed by atoms with Crippen LogP contribution < -0.4 is 5.32 Å². The zero-order valence-corrected chi connectivity index (χ0v) is 9.22. The zero-order valence-electron chi connectivity index (χ0n) is 8.46. The van der Waals surface area contributed by atoms with Gasteiger partial charge in [0.05, 0.1) is 17.3 Å². The molecule has 1 unspecified atom stereocenters. The van der Waals surface area contributed by atoms with E-state index in [4.69, 9.17) is 11.6 Å². The van der Waals surface area contributed by atoms with Crippen LogP contribution in [0.25, 0.3) is 0 Å². The average Bonchev–Trinajstić information content (AvgIpc) is 2.47. The minimum atomic E-state index is 0.569. The number of hydrogen-bond acceptors (Lipinski definition) is 2. The van der Waals surface area contributed by atoms with Gasteiger partial charge in [0.15, 0.2) is 0 Å². The van der Waals surface area contributed by atoms with Crippen molar-refractivity contribution in [1.29, 1.82) is 0 Å². The third-order valence-corrected chi connectivity index (χ3v) is 3.08. The molecule has 1 aliphatic heterocycles. The minimum absolute atomic E-state index is 0.569. The molecule has 14 heavy (non-hydrogen) atoms. The molecule has 1 atom stereocenters. The summed E-state index contributed by atoms with van der Waals surface area (Å²) in [6.45, 7) is 4.01. The number of nitrogens with one attached hydrogen (secondary N) is 1. The number of rotatable bonds is 2. The van der Waals surface area contributed by atoms with Crippen molar-refractivity contribution < 1.29 is 0 Å². The van der Waals surface area contributed by atoms with E-state index < -0.39 is 0 Å². The molecule has 4 heteroatoms. The molecular formula is C10H16ClN3. The predicted octanol–water partition coefficient (Wildman–Crippen LogP) is 1.99. The molecule has 0 radical (unpaired) electrons. The smallest absolute Gasteiger partial charge is 0.0814 e. The molecule has 0 aliphatic carbocycles. The van der Waals surface area contributed by atoms with Crippen molar-refractivity contribution in [2.75, 3.05) is 6.54 Å². The van der Waals surface area contributed by atoms with E-state index in [1.165, 1.54) is 19.3 Å². The van der Waals surface area contributed by atoms with Crippen LogP contribution >= 0.6 is 11.6 Å². The molecule has 1 N–H and O–H groups in total. The van der Waals surface area contributed by atoms with E-state index in [0.29, 0.717) is 6.04 Å². The Morgan fingerprint density at radius 1 is 1.64 bits per heavy atom. The Hall–Kier alpha value is -0.540. The quantitative estimate of drug-likeness (QED) is 0.815. The highest BCUT2D eigenvalue weighted by Gasteiger charge is 2.13. The van der Waals surface area contributed by atoms with E-state index in [9.17, 15) is 0 Å². The number of aryl methyl sites for hydroxylation is 1. The maximum atomic E-state index is 5.94. The molecule has 1 fully saturated rings. The van der Waals surface area contributed by atoms with Gasteiger partial charge >= 0.3 is 0 Å². The van der Waals surface area contributed by atoms with Crippen LogP contribution in [0.3, 0.4) is 0 Å². The molecule has 3 nitrogen and oxygen atoms in total. The summed E-state index contributed by atoms with van der Waals surface area (Å²) in [5, 5.41) is 8.61. The summed E-state index contributed by atoms with van der Waals surface area (Å²) >= 11 is 5.94. The van der Waals surface area contributed by atoms with Gasteiger partial charge in [-0.2, -0.15) is 5.10 Å². The Balaban J connectivity index is 1.95. The van der Waals surface area contributed by atoms with E-state index in [1.807, 2.05) is 17.8 Å². The molecular weight excluding hydrogens is 198 g/mol. The zero-order chi connectivity index (χ0) is 9.97. The largest absolute Gasteiger partial charge is 0.312 e. The Morgan fingerprint density at radius 2 is 2.50 bits per heavy atom. The first-order valence-corrected chi connectivity index (χ1v) is 5.56. The van der Waals surface area contributed by atoms with Crippen molar-refractivity contribution in [3.05, 3.63) is 16.9 Å². The van der Waals surface area contributed by atoms with Gasteiger partial charge in [-0.3, -0.25) is 4.68 Å². The van der Waals surface area contributed by atoms with E-state index >= 15 is 0 Å². The average molecular weight is 214 g/mol. The van der Waals surface area contributed by atoms with Crippen molar-refractivity contribution in [2.45, 2.75) is 38.8 Å². The second-order valence-corrected chi connectivity index (χ2v) is 4.34. The molecule has 1 aromatic rings. The van der Waals surface area contributed by atoms with Crippen LogP contribution in [0, 0.1) is 6.92 Å². The van der Waals surface area contributed by atoms with E-state index in [1.54, 1.807) is 0 Å². The molecule has 1 aliphatic rings. The fourth-order valence-electron chi connectivity index (χ4n) is 1.89. The van der Waals surface area contributed by atoms with Crippen LogP contribution in [0.15, 0.2) is 6.20 Å². The van der Waals surface area contributed by atoms with Gasteiger partial charge in [0.2, 0.25) is 0 Å². The van der Waals surface area contributed by atoms with Gasteiger partial charge in [-0.05, 0) is 26.3 Å². The summed E-state index contributed by atoms with van der Waals surface area (Å²) in [5.41, 5.74) is 0.919. The number of piperidine rings is 1. The standard InChI is InChI=1S/C10H16ClN3/c1-8-10(11)7-14(13-8)6-9-4-2-3-5-12-9/h7,9,12H,2-6H2,1H3. The predicted molar refractivity (Wildman–Crippen MR) is 57.6 cm³/mol. The van der Waals surface area contributed by atoms with E-state index in [-0.39, 0.29) is 0 Å². The number of hydrogen-bond donors (Lipinski definition) is 1. The Morgan fingerprint density at radius 3 is 3.07 bits per heavy atom. The fraction of sp³-hybridized carbons (Fsp3) is 0.700. The van der Waals surface area contributed by atoms with Crippen molar-refractivity contribution in [3.63, 3.8) is 0 Å². The molecule has 0 amide bonds. The Kier molecular flexibility index (Phi) is 3.08. The molecule has 0 aromatic carbocycles. The van der Waals surface area contributed by atoms with Crippen molar-refractivity contribution in [1.82, 2.24) is 15.1 Å². The van der Waals surface area contributed by atoms with Gasteiger partial charge in [-0.25, -0.2) is 0 Å². The molecule has 0 spiro atoms. The highest BCUT2D eigenvalue weighted by molar-refractivity contribution is 6.31. The number of halogens is 1. The van der Waals surface area contributed by atoms with Gasteiger partial charge in [0.25, 0.3) is 0 Å². The van der Waals surface area contributed by atoms with Crippen LogP contribution in [0.5, 0.6) is 0 Å². The van der Waals surface area contributed by atoms with Crippen molar-refractivity contribution >= 4 is 11.6 Å². The molecule has 1 aromatic heterocycles. The van der Waals surface area contributed by atoms with Crippen molar-refractivity contribution in [3.8, 4) is 0 Å². The van der Waals surface area contributed by atoms with Crippen LogP contribution in [0.1, 0.15) is 25.0 Å². The van der Waals surface area contributed by atoms with E-state index in [2.05, 4.69) is 10.4 Å². The van der Waals surface area contributed by atoms with Crippen LogP contribution in [-0.2, 0) is 6.54 Å². The summed E-state index contributed by atoms with van der Waals surface area (Å²) in [4.78, 5) is 0. The monoisotopic (exact) mass is 213 g/mol. The maximum Gasteiger partial charge on any atom is 0.0814 e. The first kappa shape index (κ1) is 9.99. The van der Waals surface area contributed by atoms with Crippen LogP contribution in [0.2, 0.25) is 5.02 Å². The molecule has 0 bridgehead atoms. The second-order valence-electron chi connectivity index (χ2n) is 3.93. The summed E-state index contributed by atoms with van der Waals surface area (Å²) in [6, 6.07) is 0.569. The van der Waals surface area contributed by atoms with Gasteiger partial charge in [-0.1, -0.05) is 18.0 Å². The highest BCUT2D eigenvalue weighted by atomic mass is 35.5. The fourth-order valence-corrected chi connectivity index (χ4v) is 2.04. The lowest BCUT2D eigenvalue weighted by Gasteiger charge is -2.23.